The molecule has 0 N–H and O–H groups in total. The fourth-order valence-electron chi connectivity index (χ4n) is 3.87. The number of fused-ring (bicyclic) bond motifs is 1. The number of anilines is 2. The van der Waals surface area contributed by atoms with Gasteiger partial charge in [0.1, 0.15) is 0 Å². The number of ether oxygens (including phenoxy) is 1. The van der Waals surface area contributed by atoms with E-state index in [9.17, 15) is 13.2 Å². The van der Waals surface area contributed by atoms with Crippen LogP contribution >= 0.6 is 12.2 Å². The molecule has 0 bridgehead atoms. The summed E-state index contributed by atoms with van der Waals surface area (Å²) in [6.07, 6.45) is 0. The van der Waals surface area contributed by atoms with Gasteiger partial charge in [-0.2, -0.15) is 0 Å². The van der Waals surface area contributed by atoms with Crippen molar-refractivity contribution in [2.24, 2.45) is 0 Å². The zero-order chi connectivity index (χ0) is 19.9. The maximum Gasteiger partial charge on any atom is 0.338 e. The fraction of sp³-hybridized carbons (Fsp3) is 0.300. The Kier molecular flexibility index (Phi) is 4.84. The lowest BCUT2D eigenvalue weighted by atomic mass is 10.1. The molecular weight excluding hydrogens is 396 g/mol. The molecule has 0 aromatic heterocycles. The Morgan fingerprint density at radius 2 is 1.54 bits per heavy atom. The lowest BCUT2D eigenvalue weighted by Crippen LogP contribution is -2.37. The Labute approximate surface area is 169 Å². The predicted molar refractivity (Wildman–Crippen MR) is 113 cm³/mol. The highest BCUT2D eigenvalue weighted by Gasteiger charge is 2.52. The molecule has 8 heteroatoms. The molecule has 0 aliphatic carbocycles. The summed E-state index contributed by atoms with van der Waals surface area (Å²) in [5, 5.41) is 0.569. The van der Waals surface area contributed by atoms with Crippen LogP contribution in [0.25, 0.3) is 0 Å². The van der Waals surface area contributed by atoms with Gasteiger partial charge in [-0.3, -0.25) is 0 Å². The minimum atomic E-state index is -3.16. The number of nitrogens with zero attached hydrogens (tertiary/aromatic N) is 2. The van der Waals surface area contributed by atoms with Crippen LogP contribution in [0.5, 0.6) is 0 Å². The predicted octanol–water partition coefficient (Wildman–Crippen LogP) is 2.64. The number of para-hydroxylation sites is 1. The van der Waals surface area contributed by atoms with E-state index >= 15 is 0 Å². The highest BCUT2D eigenvalue weighted by Crippen LogP contribution is 2.38. The van der Waals surface area contributed by atoms with Crippen LogP contribution < -0.4 is 9.80 Å². The van der Waals surface area contributed by atoms with Crippen molar-refractivity contribution in [2.45, 2.75) is 19.0 Å². The van der Waals surface area contributed by atoms with Gasteiger partial charge in [0, 0.05) is 11.4 Å². The molecule has 0 saturated carbocycles. The summed E-state index contributed by atoms with van der Waals surface area (Å²) in [6.45, 7) is 2.07. The first-order valence-electron chi connectivity index (χ1n) is 9.06. The molecule has 2 atom stereocenters. The largest absolute Gasteiger partial charge is 0.462 e. The van der Waals surface area contributed by atoms with Gasteiger partial charge in [0.25, 0.3) is 0 Å². The van der Waals surface area contributed by atoms with Gasteiger partial charge in [0.2, 0.25) is 0 Å². The third-order valence-corrected chi connectivity index (χ3v) is 7.15. The molecule has 146 valence electrons. The SMILES string of the molecule is CCOC(=O)c1ccc(N2C(=S)N(c3ccccc3)[C@@H]3CS(=O)(=O)C[C@@H]32)cc1. The Morgan fingerprint density at radius 1 is 1.00 bits per heavy atom. The molecule has 2 aromatic carbocycles. The molecule has 4 rings (SSSR count). The van der Waals surface area contributed by atoms with Crippen LogP contribution in [0.4, 0.5) is 11.4 Å². The van der Waals surface area contributed by atoms with Crippen molar-refractivity contribution in [1.82, 2.24) is 0 Å². The molecule has 0 unspecified atom stereocenters. The fourth-order valence-corrected chi connectivity index (χ4v) is 6.27. The maximum absolute atomic E-state index is 12.4. The summed E-state index contributed by atoms with van der Waals surface area (Å²) < 4.78 is 29.7. The zero-order valence-corrected chi connectivity index (χ0v) is 16.9. The van der Waals surface area contributed by atoms with Crippen LogP contribution in [-0.4, -0.2) is 49.7 Å². The molecule has 2 aliphatic heterocycles. The standard InChI is InChI=1S/C20H20N2O4S2/c1-2-26-19(23)14-8-10-16(11-9-14)22-18-13-28(24,25)12-17(18)21(20(22)27)15-6-4-3-5-7-15/h3-11,17-18H,2,12-13H2,1H3/t17-,18+/m1/s1. The summed E-state index contributed by atoms with van der Waals surface area (Å²) in [7, 11) is -3.16. The molecule has 0 spiro atoms. The van der Waals surface area contributed by atoms with Gasteiger partial charge in [-0.15, -0.1) is 0 Å². The zero-order valence-electron chi connectivity index (χ0n) is 15.3. The van der Waals surface area contributed by atoms with E-state index < -0.39 is 9.84 Å². The van der Waals surface area contributed by atoms with E-state index in [1.807, 2.05) is 40.1 Å². The van der Waals surface area contributed by atoms with Crippen molar-refractivity contribution in [1.29, 1.82) is 0 Å². The minimum absolute atomic E-state index is 0.0563. The van der Waals surface area contributed by atoms with Gasteiger partial charge in [-0.05, 0) is 55.5 Å². The highest BCUT2D eigenvalue weighted by molar-refractivity contribution is 7.91. The smallest absolute Gasteiger partial charge is 0.338 e. The molecule has 2 aliphatic rings. The first-order chi connectivity index (χ1) is 13.4. The lowest BCUT2D eigenvalue weighted by Gasteiger charge is -2.25. The van der Waals surface area contributed by atoms with E-state index in [-0.39, 0.29) is 29.6 Å². The number of esters is 1. The van der Waals surface area contributed by atoms with E-state index in [1.165, 1.54) is 0 Å². The van der Waals surface area contributed by atoms with E-state index in [4.69, 9.17) is 17.0 Å². The van der Waals surface area contributed by atoms with E-state index in [0.717, 1.165) is 11.4 Å². The van der Waals surface area contributed by atoms with Gasteiger partial charge in [0.05, 0.1) is 35.8 Å². The Morgan fingerprint density at radius 3 is 2.07 bits per heavy atom. The Balaban J connectivity index is 1.70. The molecular formula is C20H20N2O4S2. The van der Waals surface area contributed by atoms with E-state index in [1.54, 1.807) is 31.2 Å². The summed E-state index contributed by atoms with van der Waals surface area (Å²) in [5.74, 6) is -0.254. The summed E-state index contributed by atoms with van der Waals surface area (Å²) in [5.41, 5.74) is 2.10. The third-order valence-electron chi connectivity index (χ3n) is 5.06. The number of carbonyl (C=O) groups excluding carboxylic acids is 1. The maximum atomic E-state index is 12.4. The van der Waals surface area contributed by atoms with E-state index in [0.29, 0.717) is 17.3 Å². The van der Waals surface area contributed by atoms with Gasteiger partial charge in [0.15, 0.2) is 14.9 Å². The van der Waals surface area contributed by atoms with E-state index in [2.05, 4.69) is 0 Å². The van der Waals surface area contributed by atoms with Crippen molar-refractivity contribution in [2.75, 3.05) is 27.9 Å². The van der Waals surface area contributed by atoms with Gasteiger partial charge >= 0.3 is 5.97 Å². The molecule has 2 aromatic rings. The van der Waals surface area contributed by atoms with Crippen LogP contribution in [0.1, 0.15) is 17.3 Å². The number of thiocarbonyl (C=S) groups is 1. The first-order valence-corrected chi connectivity index (χ1v) is 11.3. The van der Waals surface area contributed by atoms with Crippen LogP contribution in [0.15, 0.2) is 54.6 Å². The molecule has 28 heavy (non-hydrogen) atoms. The van der Waals surface area contributed by atoms with Crippen LogP contribution in [-0.2, 0) is 14.6 Å². The molecule has 0 amide bonds. The monoisotopic (exact) mass is 416 g/mol. The number of sulfone groups is 1. The number of carbonyl (C=O) groups is 1. The van der Waals surface area contributed by atoms with Crippen LogP contribution in [0.3, 0.4) is 0 Å². The van der Waals surface area contributed by atoms with Gasteiger partial charge in [-0.25, -0.2) is 13.2 Å². The summed E-state index contributed by atoms with van der Waals surface area (Å²) in [4.78, 5) is 15.7. The number of hydrogen-bond acceptors (Lipinski definition) is 5. The summed E-state index contributed by atoms with van der Waals surface area (Å²) >= 11 is 5.75. The van der Waals surface area contributed by atoms with Crippen molar-refractivity contribution >= 4 is 44.5 Å². The average Bonchev–Trinajstić information content (AvgIpc) is 3.11. The second-order valence-corrected chi connectivity index (χ2v) is 9.36. The number of rotatable bonds is 4. The van der Waals surface area contributed by atoms with Crippen molar-refractivity contribution in [3.05, 3.63) is 60.2 Å². The van der Waals surface area contributed by atoms with Crippen LogP contribution in [0.2, 0.25) is 0 Å². The van der Waals surface area contributed by atoms with Crippen molar-refractivity contribution in [3.8, 4) is 0 Å². The molecule has 2 saturated heterocycles. The Bertz CT molecular complexity index is 1010. The molecule has 2 heterocycles. The highest BCUT2D eigenvalue weighted by atomic mass is 32.2. The molecule has 6 nitrogen and oxygen atoms in total. The summed E-state index contributed by atoms with van der Waals surface area (Å²) in [6, 6.07) is 16.0. The quantitative estimate of drug-likeness (QED) is 0.561. The minimum Gasteiger partial charge on any atom is -0.462 e. The first kappa shape index (κ1) is 18.9. The topological polar surface area (TPSA) is 66.9 Å². The van der Waals surface area contributed by atoms with Crippen molar-refractivity contribution < 1.29 is 17.9 Å². The Hall–Kier alpha value is -2.45. The van der Waals surface area contributed by atoms with Crippen molar-refractivity contribution in [3.63, 3.8) is 0 Å². The van der Waals surface area contributed by atoms with Crippen LogP contribution in [0, 0.1) is 0 Å². The third kappa shape index (κ3) is 3.27. The molecule has 0 radical (unpaired) electrons. The molecule has 2 fully saturated rings. The second-order valence-electron chi connectivity index (χ2n) is 6.84. The van der Waals surface area contributed by atoms with Gasteiger partial charge < -0.3 is 14.5 Å². The lowest BCUT2D eigenvalue weighted by molar-refractivity contribution is 0.0526. The number of hydrogen-bond donors (Lipinski definition) is 0. The van der Waals surface area contributed by atoms with Gasteiger partial charge in [-0.1, -0.05) is 18.2 Å². The number of benzene rings is 2. The second kappa shape index (κ2) is 7.18. The normalized spacial score (nSPS) is 23.0. The average molecular weight is 417 g/mol.